The standard InChI is InChI=1S/C11H9ClN4O2S/c12-7-2-1-3-8(4-7)14-9(17)6-19-10-5-13-16-11(18)15-10/h1-5H,6H2,(H,14,17)(H,15,16,18). The first-order valence-electron chi connectivity index (χ1n) is 5.23. The number of nitrogens with one attached hydrogen (secondary N) is 2. The zero-order chi connectivity index (χ0) is 13.7. The van der Waals surface area contributed by atoms with Gasteiger partial charge in [0.1, 0.15) is 5.03 Å². The maximum atomic E-state index is 11.7. The molecular weight excluding hydrogens is 288 g/mol. The summed E-state index contributed by atoms with van der Waals surface area (Å²) >= 11 is 6.93. The number of aromatic nitrogens is 3. The normalized spacial score (nSPS) is 10.2. The van der Waals surface area contributed by atoms with Crippen LogP contribution in [-0.2, 0) is 4.79 Å². The molecule has 0 unspecified atom stereocenters. The van der Waals surface area contributed by atoms with Crippen LogP contribution in [0.1, 0.15) is 0 Å². The van der Waals surface area contributed by atoms with Crippen LogP contribution in [0.3, 0.4) is 0 Å². The number of amides is 1. The van der Waals surface area contributed by atoms with Gasteiger partial charge in [0.05, 0.1) is 11.9 Å². The van der Waals surface area contributed by atoms with Gasteiger partial charge in [0.2, 0.25) is 5.91 Å². The van der Waals surface area contributed by atoms with Gasteiger partial charge in [-0.05, 0) is 18.2 Å². The van der Waals surface area contributed by atoms with Gasteiger partial charge in [-0.25, -0.2) is 9.89 Å². The summed E-state index contributed by atoms with van der Waals surface area (Å²) < 4.78 is 0. The molecular formula is C11H9ClN4O2S. The van der Waals surface area contributed by atoms with Gasteiger partial charge in [-0.15, -0.1) is 0 Å². The minimum atomic E-state index is -0.541. The van der Waals surface area contributed by atoms with Crippen molar-refractivity contribution in [3.05, 3.63) is 46.0 Å². The fourth-order valence-corrected chi connectivity index (χ4v) is 2.09. The predicted molar refractivity (Wildman–Crippen MR) is 73.5 cm³/mol. The van der Waals surface area contributed by atoms with Crippen molar-refractivity contribution in [1.29, 1.82) is 0 Å². The van der Waals surface area contributed by atoms with Crippen LogP contribution in [-0.4, -0.2) is 26.8 Å². The van der Waals surface area contributed by atoms with Crippen LogP contribution in [0, 0.1) is 0 Å². The summed E-state index contributed by atoms with van der Waals surface area (Å²) in [6, 6.07) is 6.85. The van der Waals surface area contributed by atoms with Crippen LogP contribution in [0.15, 0.2) is 40.3 Å². The molecule has 0 saturated heterocycles. The highest BCUT2D eigenvalue weighted by Gasteiger charge is 2.05. The lowest BCUT2D eigenvalue weighted by Gasteiger charge is -2.04. The molecule has 2 aromatic rings. The van der Waals surface area contributed by atoms with Crippen LogP contribution < -0.4 is 11.0 Å². The Hall–Kier alpha value is -1.86. The van der Waals surface area contributed by atoms with Crippen molar-refractivity contribution < 1.29 is 4.79 Å². The second-order valence-electron chi connectivity index (χ2n) is 3.47. The van der Waals surface area contributed by atoms with E-state index in [9.17, 15) is 9.59 Å². The molecule has 0 saturated carbocycles. The lowest BCUT2D eigenvalue weighted by atomic mass is 10.3. The van der Waals surface area contributed by atoms with Gasteiger partial charge in [-0.3, -0.25) is 4.79 Å². The number of benzene rings is 1. The number of carbonyl (C=O) groups excluding carboxylic acids is 1. The zero-order valence-electron chi connectivity index (χ0n) is 9.59. The number of hydrogen-bond acceptors (Lipinski definition) is 5. The molecule has 8 heteroatoms. The second-order valence-corrected chi connectivity index (χ2v) is 4.90. The molecule has 1 heterocycles. The topological polar surface area (TPSA) is 87.7 Å². The van der Waals surface area contributed by atoms with Crippen LogP contribution >= 0.6 is 23.4 Å². The Bertz CT molecular complexity index is 646. The molecule has 0 aliphatic rings. The third-order valence-corrected chi connectivity index (χ3v) is 3.14. The number of thioether (sulfide) groups is 1. The van der Waals surface area contributed by atoms with Crippen LogP contribution in [0.4, 0.5) is 5.69 Å². The fraction of sp³-hybridized carbons (Fsp3) is 0.0909. The first-order valence-corrected chi connectivity index (χ1v) is 6.60. The lowest BCUT2D eigenvalue weighted by molar-refractivity contribution is -0.113. The molecule has 19 heavy (non-hydrogen) atoms. The van der Waals surface area contributed by atoms with Crippen LogP contribution in [0.2, 0.25) is 5.02 Å². The van der Waals surface area contributed by atoms with Gasteiger partial charge in [0.15, 0.2) is 0 Å². The fourth-order valence-electron chi connectivity index (χ4n) is 1.27. The second kappa shape index (κ2) is 6.35. The maximum absolute atomic E-state index is 11.7. The Balaban J connectivity index is 1.90. The predicted octanol–water partition coefficient (Wildman–Crippen LogP) is 1.55. The van der Waals surface area contributed by atoms with E-state index in [0.29, 0.717) is 15.7 Å². The average molecular weight is 297 g/mol. The van der Waals surface area contributed by atoms with Crippen molar-refractivity contribution in [2.45, 2.75) is 5.03 Å². The average Bonchev–Trinajstić information content (AvgIpc) is 2.36. The van der Waals surface area contributed by atoms with Crippen molar-refractivity contribution in [2.24, 2.45) is 0 Å². The van der Waals surface area contributed by atoms with E-state index in [1.165, 1.54) is 6.20 Å². The quantitative estimate of drug-likeness (QED) is 0.836. The molecule has 0 aliphatic heterocycles. The number of rotatable bonds is 4. The molecule has 0 radical (unpaired) electrons. The van der Waals surface area contributed by atoms with Gasteiger partial charge in [-0.2, -0.15) is 10.1 Å². The highest BCUT2D eigenvalue weighted by Crippen LogP contribution is 2.16. The highest BCUT2D eigenvalue weighted by atomic mass is 35.5. The molecule has 2 N–H and O–H groups in total. The minimum absolute atomic E-state index is 0.130. The number of hydrogen-bond donors (Lipinski definition) is 2. The molecule has 1 amide bonds. The van der Waals surface area contributed by atoms with E-state index in [-0.39, 0.29) is 11.7 Å². The highest BCUT2D eigenvalue weighted by molar-refractivity contribution is 7.99. The third kappa shape index (κ3) is 4.38. The van der Waals surface area contributed by atoms with Crippen molar-refractivity contribution >= 4 is 35.0 Å². The molecule has 1 aromatic carbocycles. The van der Waals surface area contributed by atoms with Crippen molar-refractivity contribution in [3.63, 3.8) is 0 Å². The molecule has 6 nitrogen and oxygen atoms in total. The van der Waals surface area contributed by atoms with Crippen LogP contribution in [0.5, 0.6) is 0 Å². The van der Waals surface area contributed by atoms with Crippen LogP contribution in [0.25, 0.3) is 0 Å². The summed E-state index contributed by atoms with van der Waals surface area (Å²) in [5.41, 5.74) is 0.0790. The summed E-state index contributed by atoms with van der Waals surface area (Å²) in [5.74, 6) is -0.0840. The van der Waals surface area contributed by atoms with Gasteiger partial charge in [-0.1, -0.05) is 29.4 Å². The molecule has 0 bridgehead atoms. The number of halogens is 1. The van der Waals surface area contributed by atoms with Gasteiger partial charge >= 0.3 is 5.69 Å². The molecule has 0 aliphatic carbocycles. The molecule has 0 atom stereocenters. The summed E-state index contributed by atoms with van der Waals surface area (Å²) in [4.78, 5) is 26.2. The summed E-state index contributed by atoms with van der Waals surface area (Å²) in [7, 11) is 0. The number of carbonyl (C=O) groups is 1. The molecule has 0 spiro atoms. The summed E-state index contributed by atoms with van der Waals surface area (Å²) in [5, 5.41) is 9.38. The molecule has 2 rings (SSSR count). The van der Waals surface area contributed by atoms with Gasteiger partial charge in [0.25, 0.3) is 0 Å². The minimum Gasteiger partial charge on any atom is -0.325 e. The van der Waals surface area contributed by atoms with Crippen molar-refractivity contribution in [2.75, 3.05) is 11.1 Å². The summed E-state index contributed by atoms with van der Waals surface area (Å²) in [6.07, 6.45) is 1.39. The maximum Gasteiger partial charge on any atom is 0.362 e. The number of aromatic amines is 1. The van der Waals surface area contributed by atoms with E-state index in [4.69, 9.17) is 11.6 Å². The monoisotopic (exact) mass is 296 g/mol. The molecule has 1 aromatic heterocycles. The Morgan fingerprint density at radius 2 is 2.32 bits per heavy atom. The van der Waals surface area contributed by atoms with E-state index in [1.54, 1.807) is 24.3 Å². The van der Waals surface area contributed by atoms with E-state index in [1.807, 2.05) is 0 Å². The van der Waals surface area contributed by atoms with E-state index in [0.717, 1.165) is 11.8 Å². The third-order valence-electron chi connectivity index (χ3n) is 2.01. The molecule has 98 valence electrons. The van der Waals surface area contributed by atoms with E-state index < -0.39 is 5.69 Å². The number of H-pyrrole nitrogens is 1. The Kier molecular flexibility index (Phi) is 4.53. The Labute approximate surface area is 117 Å². The SMILES string of the molecule is O=C(CSc1cn[nH]c(=O)n1)Nc1cccc(Cl)c1. The summed E-state index contributed by atoms with van der Waals surface area (Å²) in [6.45, 7) is 0. The first kappa shape index (κ1) is 13.6. The van der Waals surface area contributed by atoms with Crippen molar-refractivity contribution in [3.8, 4) is 0 Å². The van der Waals surface area contributed by atoms with Gasteiger partial charge < -0.3 is 5.32 Å². The number of anilines is 1. The largest absolute Gasteiger partial charge is 0.362 e. The van der Waals surface area contributed by atoms with Gasteiger partial charge in [0, 0.05) is 10.7 Å². The Morgan fingerprint density at radius 3 is 3.05 bits per heavy atom. The lowest BCUT2D eigenvalue weighted by Crippen LogP contribution is -2.16. The molecule has 0 fully saturated rings. The first-order chi connectivity index (χ1) is 9.13. The zero-order valence-corrected chi connectivity index (χ0v) is 11.2. The smallest absolute Gasteiger partial charge is 0.325 e. The van der Waals surface area contributed by atoms with E-state index in [2.05, 4.69) is 20.5 Å². The van der Waals surface area contributed by atoms with Crippen molar-refractivity contribution in [1.82, 2.24) is 15.2 Å². The number of nitrogens with zero attached hydrogens (tertiary/aromatic N) is 2. The Morgan fingerprint density at radius 1 is 1.47 bits per heavy atom. The van der Waals surface area contributed by atoms with E-state index >= 15 is 0 Å².